The Bertz CT molecular complexity index is 1500. The lowest BCUT2D eigenvalue weighted by Crippen LogP contribution is -2.16. The average Bonchev–Trinajstić information content (AvgIpc) is 3.30. The molecule has 1 aromatic heterocycles. The first kappa shape index (κ1) is 25.9. The topological polar surface area (TPSA) is 47.6 Å². The summed E-state index contributed by atoms with van der Waals surface area (Å²) in [6.07, 6.45) is -0.637. The van der Waals surface area contributed by atoms with E-state index < -0.39 is 6.36 Å². The first-order chi connectivity index (χ1) is 18.2. The van der Waals surface area contributed by atoms with E-state index in [1.165, 1.54) is 28.8 Å². The van der Waals surface area contributed by atoms with E-state index in [1.54, 1.807) is 12.1 Å². The molecular weight excluding hydrogens is 509 g/mol. The van der Waals surface area contributed by atoms with E-state index in [2.05, 4.69) is 53.0 Å². The number of aliphatic imine (C=N–C) groups is 1. The van der Waals surface area contributed by atoms with Crippen LogP contribution in [0.4, 0.5) is 13.2 Å². The first-order valence-corrected chi connectivity index (χ1v) is 12.6. The highest BCUT2D eigenvalue weighted by Gasteiger charge is 2.31. The van der Waals surface area contributed by atoms with Gasteiger partial charge in [-0.05, 0) is 84.8 Å². The highest BCUT2D eigenvalue weighted by Crippen LogP contribution is 2.39. The predicted molar refractivity (Wildman–Crippen MR) is 146 cm³/mol. The molecule has 0 unspecified atom stereocenters. The number of fused-ring (bicyclic) bond motifs is 3. The van der Waals surface area contributed by atoms with Gasteiger partial charge in [0.15, 0.2) is 5.76 Å². The monoisotopic (exact) mass is 534 g/mol. The quantitative estimate of drug-likeness (QED) is 0.180. The Morgan fingerprint density at radius 1 is 1.05 bits per heavy atom. The molecule has 0 aliphatic heterocycles. The molecule has 4 aromatic rings. The first-order valence-electron chi connectivity index (χ1n) is 12.2. The lowest BCUT2D eigenvalue weighted by atomic mass is 9.87. The predicted octanol–water partition coefficient (Wildman–Crippen LogP) is 7.65. The molecule has 0 amide bonds. The molecule has 4 nitrogen and oxygen atoms in total. The van der Waals surface area contributed by atoms with Crippen LogP contribution in [0.1, 0.15) is 33.4 Å². The van der Waals surface area contributed by atoms with Crippen LogP contribution in [0, 0.1) is 13.8 Å². The molecule has 0 fully saturated rings. The van der Waals surface area contributed by atoms with Crippen LogP contribution < -0.4 is 4.74 Å². The van der Waals surface area contributed by atoms with E-state index in [-0.39, 0.29) is 5.75 Å². The molecular formula is C30H25F3N2O2S. The molecule has 0 saturated carbocycles. The van der Waals surface area contributed by atoms with Gasteiger partial charge < -0.3 is 9.26 Å². The maximum Gasteiger partial charge on any atom is 0.573 e. The van der Waals surface area contributed by atoms with Crippen molar-refractivity contribution in [3.63, 3.8) is 0 Å². The van der Waals surface area contributed by atoms with E-state index in [4.69, 9.17) is 16.7 Å². The maximum absolute atomic E-state index is 12.5. The minimum absolute atomic E-state index is 0.274. The summed E-state index contributed by atoms with van der Waals surface area (Å²) in [5.41, 5.74) is 9.10. The molecule has 0 bridgehead atoms. The Morgan fingerprint density at radius 2 is 1.79 bits per heavy atom. The zero-order chi connectivity index (χ0) is 26.9. The van der Waals surface area contributed by atoms with Crippen molar-refractivity contribution in [2.45, 2.75) is 39.5 Å². The molecule has 38 heavy (non-hydrogen) atoms. The Balaban J connectivity index is 1.28. The van der Waals surface area contributed by atoms with Gasteiger partial charge in [-0.15, -0.1) is 13.2 Å². The zero-order valence-corrected chi connectivity index (χ0v) is 21.7. The summed E-state index contributed by atoms with van der Waals surface area (Å²) < 4.78 is 47.0. The number of benzene rings is 3. The van der Waals surface area contributed by atoms with Crippen LogP contribution >= 0.6 is 12.2 Å². The van der Waals surface area contributed by atoms with Crippen LogP contribution in [0.5, 0.6) is 5.75 Å². The van der Waals surface area contributed by atoms with Crippen molar-refractivity contribution >= 4 is 23.3 Å². The van der Waals surface area contributed by atoms with Gasteiger partial charge in [0.05, 0.1) is 6.54 Å². The molecule has 1 aliphatic rings. The van der Waals surface area contributed by atoms with Crippen LogP contribution in [-0.4, -0.2) is 29.1 Å². The number of thiocarbonyl (C=S) groups is 1. The highest BCUT2D eigenvalue weighted by molar-refractivity contribution is 7.80. The second-order valence-corrected chi connectivity index (χ2v) is 9.96. The summed E-state index contributed by atoms with van der Waals surface area (Å²) in [4.78, 5) is 5.48. The van der Waals surface area contributed by atoms with Gasteiger partial charge >= 0.3 is 6.36 Å². The maximum atomic E-state index is 12.5. The van der Waals surface area contributed by atoms with E-state index in [9.17, 15) is 13.2 Å². The third-order valence-electron chi connectivity index (χ3n) is 6.69. The fraction of sp³-hybridized carbons (Fsp3) is 0.233. The number of rotatable bonds is 7. The number of aryl methyl sites for hydroxylation is 3. The molecule has 8 heteroatoms. The number of alkyl halides is 3. The molecule has 1 heterocycles. The average molecular weight is 535 g/mol. The number of hydrogen-bond acceptors (Lipinski definition) is 5. The van der Waals surface area contributed by atoms with E-state index in [1.807, 2.05) is 18.3 Å². The van der Waals surface area contributed by atoms with E-state index in [0.29, 0.717) is 30.0 Å². The summed E-state index contributed by atoms with van der Waals surface area (Å²) in [7, 11) is 0. The fourth-order valence-corrected chi connectivity index (χ4v) is 5.03. The van der Waals surface area contributed by atoms with Crippen LogP contribution in [0.3, 0.4) is 0 Å². The molecule has 0 spiro atoms. The van der Waals surface area contributed by atoms with Gasteiger partial charge in [-0.1, -0.05) is 47.7 Å². The third kappa shape index (κ3) is 5.70. The second kappa shape index (κ2) is 10.5. The minimum Gasteiger partial charge on any atom is -0.406 e. The van der Waals surface area contributed by atoms with Gasteiger partial charge in [-0.25, -0.2) is 0 Å². The lowest BCUT2D eigenvalue weighted by Gasteiger charge is -2.15. The van der Waals surface area contributed by atoms with Crippen molar-refractivity contribution in [3.8, 4) is 28.3 Å². The van der Waals surface area contributed by atoms with Crippen molar-refractivity contribution in [1.29, 1.82) is 0 Å². The highest BCUT2D eigenvalue weighted by atomic mass is 32.1. The SMILES string of the molecule is Cc1cccc(C)c1CC(=S)CN=Cc1ccc2c(c1)CCc1c(-c3ccc(OC(F)(F)F)cc3)noc1-2. The van der Waals surface area contributed by atoms with E-state index in [0.717, 1.165) is 40.0 Å². The summed E-state index contributed by atoms with van der Waals surface area (Å²) in [6, 6.07) is 18.0. The summed E-state index contributed by atoms with van der Waals surface area (Å²) in [5, 5.41) is 4.23. The Labute approximate surface area is 224 Å². The number of ether oxygens (including phenoxy) is 1. The summed E-state index contributed by atoms with van der Waals surface area (Å²) >= 11 is 5.59. The normalized spacial score (nSPS) is 12.9. The van der Waals surface area contributed by atoms with Crippen LogP contribution in [-0.2, 0) is 19.3 Å². The lowest BCUT2D eigenvalue weighted by molar-refractivity contribution is -0.274. The Morgan fingerprint density at radius 3 is 2.50 bits per heavy atom. The standard InChI is InChI=1S/C30H25F3N2O2S/c1-18-4-3-5-19(2)27(18)15-24(38)17-34-16-20-6-12-25-22(14-20)9-13-26-28(35-37-29(25)26)21-7-10-23(11-8-21)36-30(31,32)33/h3-8,10-12,14,16H,9,13,15,17H2,1-2H3. The molecule has 3 aromatic carbocycles. The Hall–Kier alpha value is -3.78. The smallest absolute Gasteiger partial charge is 0.406 e. The molecule has 0 atom stereocenters. The summed E-state index contributed by atoms with van der Waals surface area (Å²) in [5.74, 6) is 0.416. The van der Waals surface area contributed by atoms with Crippen LogP contribution in [0.15, 0.2) is 70.2 Å². The third-order valence-corrected chi connectivity index (χ3v) is 6.97. The van der Waals surface area contributed by atoms with Crippen molar-refractivity contribution in [3.05, 3.63) is 94.0 Å². The largest absolute Gasteiger partial charge is 0.573 e. The van der Waals surface area contributed by atoms with Crippen LogP contribution in [0.25, 0.3) is 22.6 Å². The van der Waals surface area contributed by atoms with Gasteiger partial charge in [0.2, 0.25) is 0 Å². The van der Waals surface area contributed by atoms with Gasteiger partial charge in [-0.2, -0.15) is 0 Å². The number of nitrogens with zero attached hydrogens (tertiary/aromatic N) is 2. The van der Waals surface area contributed by atoms with Crippen molar-refractivity contribution in [2.24, 2.45) is 4.99 Å². The van der Waals surface area contributed by atoms with Crippen molar-refractivity contribution in [1.82, 2.24) is 5.16 Å². The number of aromatic nitrogens is 1. The van der Waals surface area contributed by atoms with Crippen molar-refractivity contribution in [2.75, 3.05) is 6.54 Å². The van der Waals surface area contributed by atoms with Gasteiger partial charge in [0.1, 0.15) is 11.4 Å². The number of hydrogen-bond donors (Lipinski definition) is 0. The van der Waals surface area contributed by atoms with Crippen LogP contribution in [0.2, 0.25) is 0 Å². The van der Waals surface area contributed by atoms with Crippen molar-refractivity contribution < 1.29 is 22.4 Å². The van der Waals surface area contributed by atoms with E-state index >= 15 is 0 Å². The molecule has 0 saturated heterocycles. The molecule has 5 rings (SSSR count). The van der Waals surface area contributed by atoms with Gasteiger partial charge in [0.25, 0.3) is 0 Å². The fourth-order valence-electron chi connectivity index (χ4n) is 4.81. The number of halogens is 3. The second-order valence-electron chi connectivity index (χ2n) is 9.38. The Kier molecular flexibility index (Phi) is 7.17. The molecule has 1 aliphatic carbocycles. The van der Waals surface area contributed by atoms with Gasteiger partial charge in [0, 0.05) is 34.2 Å². The minimum atomic E-state index is -4.73. The molecule has 0 N–H and O–H groups in total. The molecule has 0 radical (unpaired) electrons. The van der Waals surface area contributed by atoms with Gasteiger partial charge in [-0.3, -0.25) is 4.99 Å². The zero-order valence-electron chi connectivity index (χ0n) is 20.9. The molecule has 194 valence electrons. The summed E-state index contributed by atoms with van der Waals surface area (Å²) in [6.45, 7) is 4.70.